The SMILES string of the molecule is O=C(CCC(=O)c1cccs1)NC(C(=O)O)C1CC1. The van der Waals surface area contributed by atoms with Crippen LogP contribution in [0.5, 0.6) is 0 Å². The van der Waals surface area contributed by atoms with E-state index in [-0.39, 0.29) is 30.4 Å². The zero-order chi connectivity index (χ0) is 13.8. The molecule has 1 heterocycles. The van der Waals surface area contributed by atoms with Gasteiger partial charge in [0.05, 0.1) is 4.88 Å². The van der Waals surface area contributed by atoms with Gasteiger partial charge in [-0.1, -0.05) is 6.07 Å². The highest BCUT2D eigenvalue weighted by Gasteiger charge is 2.37. The molecule has 1 saturated carbocycles. The van der Waals surface area contributed by atoms with Crippen LogP contribution in [0.15, 0.2) is 17.5 Å². The third kappa shape index (κ3) is 3.89. The first-order valence-corrected chi connectivity index (χ1v) is 7.05. The molecule has 1 aliphatic rings. The highest BCUT2D eigenvalue weighted by atomic mass is 32.1. The molecule has 0 radical (unpaired) electrons. The van der Waals surface area contributed by atoms with Crippen LogP contribution in [0.4, 0.5) is 0 Å². The van der Waals surface area contributed by atoms with E-state index in [4.69, 9.17) is 5.11 Å². The Morgan fingerprint density at radius 1 is 1.37 bits per heavy atom. The lowest BCUT2D eigenvalue weighted by molar-refractivity contribution is -0.142. The maximum atomic E-state index is 11.7. The molecule has 2 rings (SSSR count). The average molecular weight is 281 g/mol. The highest BCUT2D eigenvalue weighted by Crippen LogP contribution is 2.32. The number of rotatable bonds is 7. The number of carboxylic acids is 1. The number of ketones is 1. The Morgan fingerprint density at radius 3 is 2.63 bits per heavy atom. The van der Waals surface area contributed by atoms with E-state index in [1.807, 2.05) is 0 Å². The second kappa shape index (κ2) is 5.97. The molecule has 5 nitrogen and oxygen atoms in total. The molecule has 1 aromatic rings. The van der Waals surface area contributed by atoms with Crippen LogP contribution >= 0.6 is 11.3 Å². The van der Waals surface area contributed by atoms with Gasteiger partial charge in [-0.15, -0.1) is 11.3 Å². The molecule has 1 unspecified atom stereocenters. The number of carbonyl (C=O) groups excluding carboxylic acids is 2. The fourth-order valence-electron chi connectivity index (χ4n) is 1.84. The van der Waals surface area contributed by atoms with E-state index in [0.29, 0.717) is 4.88 Å². The Bertz CT molecular complexity index is 479. The molecule has 1 aliphatic carbocycles. The zero-order valence-electron chi connectivity index (χ0n) is 10.3. The van der Waals surface area contributed by atoms with Gasteiger partial charge >= 0.3 is 5.97 Å². The van der Waals surface area contributed by atoms with Crippen LogP contribution in [0, 0.1) is 5.92 Å². The summed E-state index contributed by atoms with van der Waals surface area (Å²) in [5.41, 5.74) is 0. The summed E-state index contributed by atoms with van der Waals surface area (Å²) in [7, 11) is 0. The van der Waals surface area contributed by atoms with Gasteiger partial charge in [0, 0.05) is 12.8 Å². The minimum atomic E-state index is -1.000. The monoisotopic (exact) mass is 281 g/mol. The molecule has 2 N–H and O–H groups in total. The number of amides is 1. The van der Waals surface area contributed by atoms with Crippen LogP contribution in [0.3, 0.4) is 0 Å². The minimum Gasteiger partial charge on any atom is -0.480 e. The molecule has 102 valence electrons. The normalized spacial score (nSPS) is 15.8. The number of carbonyl (C=O) groups is 3. The lowest BCUT2D eigenvalue weighted by Crippen LogP contribution is -2.42. The predicted octanol–water partition coefficient (Wildman–Crippen LogP) is 1.69. The number of Topliss-reactive ketones (excluding diaryl/α,β-unsaturated/α-hetero) is 1. The molecular formula is C13H15NO4S. The smallest absolute Gasteiger partial charge is 0.326 e. The molecule has 0 aliphatic heterocycles. The Kier molecular flexibility index (Phi) is 4.31. The van der Waals surface area contributed by atoms with Crippen molar-refractivity contribution in [3.8, 4) is 0 Å². The van der Waals surface area contributed by atoms with Crippen molar-refractivity contribution >= 4 is 29.0 Å². The van der Waals surface area contributed by atoms with Crippen molar-refractivity contribution in [2.75, 3.05) is 0 Å². The molecule has 19 heavy (non-hydrogen) atoms. The first-order chi connectivity index (χ1) is 9.08. The van der Waals surface area contributed by atoms with Gasteiger partial charge in [-0.3, -0.25) is 9.59 Å². The van der Waals surface area contributed by atoms with Crippen LogP contribution in [0.2, 0.25) is 0 Å². The molecule has 0 bridgehead atoms. The molecule has 6 heteroatoms. The van der Waals surface area contributed by atoms with E-state index >= 15 is 0 Å². The van der Waals surface area contributed by atoms with Crippen molar-refractivity contribution in [1.29, 1.82) is 0 Å². The van der Waals surface area contributed by atoms with E-state index in [0.717, 1.165) is 12.8 Å². The first kappa shape index (κ1) is 13.7. The molecule has 1 amide bonds. The topological polar surface area (TPSA) is 83.5 Å². The molecule has 1 fully saturated rings. The number of carboxylic acid groups (broad SMARTS) is 1. The molecule has 0 saturated heterocycles. The van der Waals surface area contributed by atoms with Crippen LogP contribution in [-0.4, -0.2) is 28.8 Å². The van der Waals surface area contributed by atoms with Gasteiger partial charge in [-0.2, -0.15) is 0 Å². The van der Waals surface area contributed by atoms with Gasteiger partial charge in [0.1, 0.15) is 6.04 Å². The van der Waals surface area contributed by atoms with E-state index in [1.54, 1.807) is 17.5 Å². The van der Waals surface area contributed by atoms with Crippen molar-refractivity contribution in [1.82, 2.24) is 5.32 Å². The summed E-state index contributed by atoms with van der Waals surface area (Å²) in [6.07, 6.45) is 1.83. The Labute approximate surface area is 114 Å². The van der Waals surface area contributed by atoms with Gasteiger partial charge in [0.15, 0.2) is 5.78 Å². The number of hydrogen-bond donors (Lipinski definition) is 2. The van der Waals surface area contributed by atoms with Crippen LogP contribution in [-0.2, 0) is 9.59 Å². The van der Waals surface area contributed by atoms with E-state index in [2.05, 4.69) is 5.32 Å². The third-order valence-corrected chi connectivity index (χ3v) is 3.96. The number of hydrogen-bond acceptors (Lipinski definition) is 4. The van der Waals surface area contributed by atoms with Crippen molar-refractivity contribution in [3.63, 3.8) is 0 Å². The Hall–Kier alpha value is -1.69. The van der Waals surface area contributed by atoms with E-state index < -0.39 is 12.0 Å². The number of aliphatic carboxylic acids is 1. The third-order valence-electron chi connectivity index (χ3n) is 3.05. The van der Waals surface area contributed by atoms with Gasteiger partial charge in [-0.05, 0) is 30.2 Å². The van der Waals surface area contributed by atoms with Gasteiger partial charge in [0.25, 0.3) is 0 Å². The summed E-state index contributed by atoms with van der Waals surface area (Å²) in [4.78, 5) is 34.9. The summed E-state index contributed by atoms with van der Waals surface area (Å²) < 4.78 is 0. The van der Waals surface area contributed by atoms with Crippen molar-refractivity contribution in [2.45, 2.75) is 31.7 Å². The Balaban J connectivity index is 1.78. The fraction of sp³-hybridized carbons (Fsp3) is 0.462. The lowest BCUT2D eigenvalue weighted by atomic mass is 10.1. The summed E-state index contributed by atoms with van der Waals surface area (Å²) in [6, 6.07) is 2.70. The fourth-order valence-corrected chi connectivity index (χ4v) is 2.54. The molecule has 1 atom stereocenters. The highest BCUT2D eigenvalue weighted by molar-refractivity contribution is 7.12. The maximum absolute atomic E-state index is 11.7. The molecule has 0 aromatic carbocycles. The predicted molar refractivity (Wildman–Crippen MR) is 70.2 cm³/mol. The Morgan fingerprint density at radius 2 is 2.11 bits per heavy atom. The summed E-state index contributed by atoms with van der Waals surface area (Å²) >= 11 is 1.34. The van der Waals surface area contributed by atoms with Gasteiger partial charge in [-0.25, -0.2) is 4.79 Å². The van der Waals surface area contributed by atoms with Crippen LogP contribution in [0.25, 0.3) is 0 Å². The second-order valence-corrected chi connectivity index (χ2v) is 5.57. The average Bonchev–Trinajstić information content (AvgIpc) is 3.06. The number of nitrogens with one attached hydrogen (secondary N) is 1. The van der Waals surface area contributed by atoms with Gasteiger partial charge < -0.3 is 10.4 Å². The van der Waals surface area contributed by atoms with Crippen molar-refractivity contribution in [3.05, 3.63) is 22.4 Å². The molecule has 0 spiro atoms. The van der Waals surface area contributed by atoms with Crippen molar-refractivity contribution in [2.24, 2.45) is 5.92 Å². The van der Waals surface area contributed by atoms with Gasteiger partial charge in [0.2, 0.25) is 5.91 Å². The van der Waals surface area contributed by atoms with Crippen LogP contribution in [0.1, 0.15) is 35.4 Å². The summed E-state index contributed by atoms with van der Waals surface area (Å²) in [5, 5.41) is 13.3. The standard InChI is InChI=1S/C13H15NO4S/c15-9(10-2-1-7-19-10)5-6-11(16)14-12(13(17)18)8-3-4-8/h1-2,7-8,12H,3-6H2,(H,14,16)(H,17,18). The summed E-state index contributed by atoms with van der Waals surface area (Å²) in [5.74, 6) is -1.40. The number of thiophene rings is 1. The lowest BCUT2D eigenvalue weighted by Gasteiger charge is -2.13. The first-order valence-electron chi connectivity index (χ1n) is 6.17. The van der Waals surface area contributed by atoms with Crippen molar-refractivity contribution < 1.29 is 19.5 Å². The second-order valence-electron chi connectivity index (χ2n) is 4.62. The summed E-state index contributed by atoms with van der Waals surface area (Å²) in [6.45, 7) is 0. The zero-order valence-corrected chi connectivity index (χ0v) is 11.1. The van der Waals surface area contributed by atoms with Crippen LogP contribution < -0.4 is 5.32 Å². The largest absolute Gasteiger partial charge is 0.480 e. The molecule has 1 aromatic heterocycles. The minimum absolute atomic E-state index is 0.0350. The maximum Gasteiger partial charge on any atom is 0.326 e. The molecular weight excluding hydrogens is 266 g/mol. The quantitative estimate of drug-likeness (QED) is 0.745. The van der Waals surface area contributed by atoms with E-state index in [9.17, 15) is 14.4 Å². The van der Waals surface area contributed by atoms with E-state index in [1.165, 1.54) is 11.3 Å².